The maximum atomic E-state index is 10.8. The molecule has 0 atom stereocenters. The summed E-state index contributed by atoms with van der Waals surface area (Å²) in [7, 11) is 0. The summed E-state index contributed by atoms with van der Waals surface area (Å²) in [5, 5.41) is 22.4. The molecule has 1 rings (SSSR count). The number of oxime groups is 1. The number of benzene rings is 1. The minimum Gasteiger partial charge on any atom is -0.487 e. The Kier molecular flexibility index (Phi) is 4.68. The molecule has 0 radical (unpaired) electrons. The van der Waals surface area contributed by atoms with Gasteiger partial charge >= 0.3 is 5.69 Å². The first-order valence-corrected chi connectivity index (χ1v) is 5.72. The van der Waals surface area contributed by atoms with E-state index in [0.29, 0.717) is 6.42 Å². The molecule has 1 aromatic carbocycles. The molecule has 0 saturated heterocycles. The maximum Gasteiger partial charge on any atom is 0.310 e. The zero-order valence-electron chi connectivity index (χ0n) is 10.9. The second-order valence-electron chi connectivity index (χ2n) is 4.69. The van der Waals surface area contributed by atoms with Crippen molar-refractivity contribution in [1.82, 2.24) is 0 Å². The largest absolute Gasteiger partial charge is 0.487 e. The number of hydrogen-bond donors (Lipinski definition) is 2. The fourth-order valence-corrected chi connectivity index (χ4v) is 1.41. The highest BCUT2D eigenvalue weighted by molar-refractivity contribution is 5.85. The predicted octanol–water partition coefficient (Wildman–Crippen LogP) is 2.14. The Hall–Kier alpha value is -2.31. The Morgan fingerprint density at radius 3 is 2.74 bits per heavy atom. The lowest BCUT2D eigenvalue weighted by molar-refractivity contribution is -0.385. The first-order chi connectivity index (χ1) is 8.88. The SMILES string of the molecule is CC(C)(CCOc1ccccc1[N+](=O)[O-])C(N)=NO. The summed E-state index contributed by atoms with van der Waals surface area (Å²) >= 11 is 0. The van der Waals surface area contributed by atoms with E-state index in [9.17, 15) is 10.1 Å². The van der Waals surface area contributed by atoms with Crippen LogP contribution in [0.5, 0.6) is 5.75 Å². The molecule has 0 aliphatic carbocycles. The first-order valence-electron chi connectivity index (χ1n) is 5.72. The molecule has 1 aromatic rings. The number of amidine groups is 1. The number of para-hydroxylation sites is 2. The molecular formula is C12H17N3O4. The van der Waals surface area contributed by atoms with Gasteiger partial charge in [0.1, 0.15) is 5.84 Å². The fraction of sp³-hybridized carbons (Fsp3) is 0.417. The van der Waals surface area contributed by atoms with Gasteiger partial charge in [0.2, 0.25) is 0 Å². The van der Waals surface area contributed by atoms with Crippen molar-refractivity contribution >= 4 is 11.5 Å². The average Bonchev–Trinajstić information content (AvgIpc) is 2.37. The van der Waals surface area contributed by atoms with Crippen molar-refractivity contribution in [3.8, 4) is 5.75 Å². The highest BCUT2D eigenvalue weighted by Crippen LogP contribution is 2.27. The summed E-state index contributed by atoms with van der Waals surface area (Å²) in [5.41, 5.74) is 4.92. The Morgan fingerprint density at radius 2 is 2.16 bits per heavy atom. The topological polar surface area (TPSA) is 111 Å². The van der Waals surface area contributed by atoms with Crippen LogP contribution in [-0.4, -0.2) is 22.6 Å². The van der Waals surface area contributed by atoms with Crippen LogP contribution in [0.4, 0.5) is 5.69 Å². The van der Waals surface area contributed by atoms with Crippen LogP contribution in [0.3, 0.4) is 0 Å². The number of ether oxygens (including phenoxy) is 1. The molecule has 0 unspecified atom stereocenters. The normalized spacial score (nSPS) is 12.2. The van der Waals surface area contributed by atoms with E-state index in [4.69, 9.17) is 15.7 Å². The third-order valence-corrected chi connectivity index (χ3v) is 2.85. The summed E-state index contributed by atoms with van der Waals surface area (Å²) < 4.78 is 5.40. The van der Waals surface area contributed by atoms with Crippen molar-refractivity contribution in [1.29, 1.82) is 0 Å². The van der Waals surface area contributed by atoms with E-state index >= 15 is 0 Å². The van der Waals surface area contributed by atoms with Gasteiger partial charge in [-0.15, -0.1) is 0 Å². The number of nitrogens with zero attached hydrogens (tertiary/aromatic N) is 2. The molecular weight excluding hydrogens is 250 g/mol. The van der Waals surface area contributed by atoms with Gasteiger partial charge in [-0.25, -0.2) is 0 Å². The van der Waals surface area contributed by atoms with Crippen molar-refractivity contribution in [2.45, 2.75) is 20.3 Å². The van der Waals surface area contributed by atoms with Crippen LogP contribution >= 0.6 is 0 Å². The van der Waals surface area contributed by atoms with E-state index in [2.05, 4.69) is 5.16 Å². The van der Waals surface area contributed by atoms with Gasteiger partial charge in [0, 0.05) is 11.5 Å². The van der Waals surface area contributed by atoms with Crippen LogP contribution in [-0.2, 0) is 0 Å². The van der Waals surface area contributed by atoms with E-state index in [1.54, 1.807) is 26.0 Å². The van der Waals surface area contributed by atoms with Crippen LogP contribution in [0.15, 0.2) is 29.4 Å². The van der Waals surface area contributed by atoms with E-state index in [1.165, 1.54) is 12.1 Å². The van der Waals surface area contributed by atoms with Gasteiger partial charge in [0.25, 0.3) is 0 Å². The third kappa shape index (κ3) is 3.84. The van der Waals surface area contributed by atoms with E-state index in [0.717, 1.165) is 0 Å². The van der Waals surface area contributed by atoms with Gasteiger partial charge in [-0.05, 0) is 12.5 Å². The fourth-order valence-electron chi connectivity index (χ4n) is 1.41. The first kappa shape index (κ1) is 14.7. The Balaban J connectivity index is 2.66. The van der Waals surface area contributed by atoms with Crippen molar-refractivity contribution in [2.75, 3.05) is 6.61 Å². The van der Waals surface area contributed by atoms with Gasteiger partial charge in [-0.3, -0.25) is 10.1 Å². The minimum atomic E-state index is -0.543. The van der Waals surface area contributed by atoms with Crippen molar-refractivity contribution in [3.63, 3.8) is 0 Å². The number of hydrogen-bond acceptors (Lipinski definition) is 5. The third-order valence-electron chi connectivity index (χ3n) is 2.85. The molecule has 0 saturated carbocycles. The number of rotatable bonds is 6. The van der Waals surface area contributed by atoms with Gasteiger partial charge in [0.15, 0.2) is 5.75 Å². The van der Waals surface area contributed by atoms with Crippen molar-refractivity contribution < 1.29 is 14.9 Å². The average molecular weight is 267 g/mol. The molecule has 0 bridgehead atoms. The lowest BCUT2D eigenvalue weighted by Gasteiger charge is -2.22. The lowest BCUT2D eigenvalue weighted by Crippen LogP contribution is -2.33. The number of nitro benzene ring substituents is 1. The van der Waals surface area contributed by atoms with Gasteiger partial charge < -0.3 is 15.7 Å². The summed E-state index contributed by atoms with van der Waals surface area (Å²) in [4.78, 5) is 10.3. The maximum absolute atomic E-state index is 10.8. The molecule has 7 heteroatoms. The molecule has 0 aliphatic heterocycles. The quantitative estimate of drug-likeness (QED) is 0.269. The zero-order chi connectivity index (χ0) is 14.5. The Labute approximate surface area is 110 Å². The molecule has 0 amide bonds. The Bertz CT molecular complexity index is 486. The standard InChI is InChI=1S/C12H17N3O4/c1-12(2,11(13)14-16)7-8-19-10-6-4-3-5-9(10)15(17)18/h3-6,16H,7-8H2,1-2H3,(H2,13,14). The van der Waals surface area contributed by atoms with Gasteiger partial charge in [-0.1, -0.05) is 31.1 Å². The lowest BCUT2D eigenvalue weighted by atomic mass is 9.88. The summed E-state index contributed by atoms with van der Waals surface area (Å²) in [5.74, 6) is 0.307. The number of nitrogens with two attached hydrogens (primary N) is 1. The van der Waals surface area contributed by atoms with Gasteiger partial charge in [0.05, 0.1) is 11.5 Å². The number of nitro groups is 1. The van der Waals surface area contributed by atoms with E-state index < -0.39 is 10.3 Å². The van der Waals surface area contributed by atoms with Crippen LogP contribution in [0.1, 0.15) is 20.3 Å². The van der Waals surface area contributed by atoms with E-state index in [-0.39, 0.29) is 23.9 Å². The van der Waals surface area contributed by atoms with Crippen molar-refractivity contribution in [3.05, 3.63) is 34.4 Å². The second kappa shape index (κ2) is 6.03. The molecule has 0 spiro atoms. The van der Waals surface area contributed by atoms with Gasteiger partial charge in [-0.2, -0.15) is 0 Å². The zero-order valence-corrected chi connectivity index (χ0v) is 10.9. The summed E-state index contributed by atoms with van der Waals surface area (Å²) in [6, 6.07) is 6.15. The molecule has 19 heavy (non-hydrogen) atoms. The van der Waals surface area contributed by atoms with E-state index in [1.807, 2.05) is 0 Å². The minimum absolute atomic E-state index is 0.0795. The van der Waals surface area contributed by atoms with Crippen LogP contribution in [0, 0.1) is 15.5 Å². The highest BCUT2D eigenvalue weighted by Gasteiger charge is 2.24. The van der Waals surface area contributed by atoms with Crippen molar-refractivity contribution in [2.24, 2.45) is 16.3 Å². The molecule has 7 nitrogen and oxygen atoms in total. The summed E-state index contributed by atoms with van der Waals surface area (Å²) in [6.07, 6.45) is 0.467. The molecule has 0 fully saturated rings. The Morgan fingerprint density at radius 1 is 1.53 bits per heavy atom. The molecule has 3 N–H and O–H groups in total. The van der Waals surface area contributed by atoms with Crippen LogP contribution < -0.4 is 10.5 Å². The second-order valence-corrected chi connectivity index (χ2v) is 4.69. The molecule has 104 valence electrons. The molecule has 0 aliphatic rings. The monoisotopic (exact) mass is 267 g/mol. The summed E-state index contributed by atoms with van der Waals surface area (Å²) in [6.45, 7) is 3.82. The molecule has 0 heterocycles. The smallest absolute Gasteiger partial charge is 0.310 e. The predicted molar refractivity (Wildman–Crippen MR) is 70.4 cm³/mol. The van der Waals surface area contributed by atoms with Crippen LogP contribution in [0.25, 0.3) is 0 Å². The molecule has 0 aromatic heterocycles. The highest BCUT2D eigenvalue weighted by atomic mass is 16.6. The van der Waals surface area contributed by atoms with Crippen LogP contribution in [0.2, 0.25) is 0 Å².